The summed E-state index contributed by atoms with van der Waals surface area (Å²) < 4.78 is 1.71. The summed E-state index contributed by atoms with van der Waals surface area (Å²) in [6, 6.07) is 1.93. The van der Waals surface area contributed by atoms with Gasteiger partial charge in [0.1, 0.15) is 23.8 Å². The van der Waals surface area contributed by atoms with Crippen LogP contribution in [0, 0.1) is 0 Å². The highest BCUT2D eigenvalue weighted by Crippen LogP contribution is 2.38. The maximum Gasteiger partial charge on any atom is 0.152 e. The van der Waals surface area contributed by atoms with E-state index in [-0.39, 0.29) is 0 Å². The Morgan fingerprint density at radius 3 is 2.75 bits per heavy atom. The predicted molar refractivity (Wildman–Crippen MR) is 76.8 cm³/mol. The highest BCUT2D eigenvalue weighted by Gasteiger charge is 2.27. The number of rotatable bonds is 6. The molecule has 2 heterocycles. The third kappa shape index (κ3) is 3.04. The number of anilines is 2. The molecule has 0 atom stereocenters. The summed E-state index contributed by atoms with van der Waals surface area (Å²) in [4.78, 5) is 13.3. The standard InChI is InChI=1S/C13H19N7/c1-14-11-7-12(18-13(17-11)9-3-4-9)15-6-5-10-16-8-20(2)19-10/h7-9H,3-6H2,1-2H3,(H2,14,15,17,18). The first-order valence-electron chi connectivity index (χ1n) is 6.89. The molecule has 1 aliphatic carbocycles. The van der Waals surface area contributed by atoms with Gasteiger partial charge in [-0.2, -0.15) is 5.10 Å². The van der Waals surface area contributed by atoms with Crippen LogP contribution in [0.5, 0.6) is 0 Å². The molecule has 3 rings (SSSR count). The van der Waals surface area contributed by atoms with Crippen molar-refractivity contribution in [2.24, 2.45) is 7.05 Å². The van der Waals surface area contributed by atoms with Gasteiger partial charge < -0.3 is 10.6 Å². The summed E-state index contributed by atoms with van der Waals surface area (Å²) in [6.07, 6.45) is 4.89. The van der Waals surface area contributed by atoms with Crippen molar-refractivity contribution in [2.45, 2.75) is 25.2 Å². The largest absolute Gasteiger partial charge is 0.373 e. The first kappa shape index (κ1) is 12.8. The van der Waals surface area contributed by atoms with Gasteiger partial charge in [0.05, 0.1) is 0 Å². The van der Waals surface area contributed by atoms with E-state index in [0.717, 1.165) is 36.3 Å². The van der Waals surface area contributed by atoms with Crippen molar-refractivity contribution in [2.75, 3.05) is 24.2 Å². The fourth-order valence-corrected chi connectivity index (χ4v) is 2.01. The zero-order valence-electron chi connectivity index (χ0n) is 11.8. The van der Waals surface area contributed by atoms with Crippen molar-refractivity contribution in [1.29, 1.82) is 0 Å². The second-order valence-electron chi connectivity index (χ2n) is 5.03. The van der Waals surface area contributed by atoms with Crippen LogP contribution in [0.25, 0.3) is 0 Å². The van der Waals surface area contributed by atoms with Gasteiger partial charge in [0.25, 0.3) is 0 Å². The van der Waals surface area contributed by atoms with Crippen LogP contribution in [0.2, 0.25) is 0 Å². The second kappa shape index (κ2) is 5.44. The van der Waals surface area contributed by atoms with Gasteiger partial charge in [-0.3, -0.25) is 4.68 Å². The topological polar surface area (TPSA) is 80.5 Å². The molecule has 1 fully saturated rings. The molecule has 7 heteroatoms. The molecule has 0 amide bonds. The van der Waals surface area contributed by atoms with Gasteiger partial charge >= 0.3 is 0 Å². The fourth-order valence-electron chi connectivity index (χ4n) is 2.01. The molecule has 106 valence electrons. The van der Waals surface area contributed by atoms with Crippen LogP contribution in [-0.2, 0) is 13.5 Å². The Kier molecular flexibility index (Phi) is 3.49. The van der Waals surface area contributed by atoms with Crippen molar-refractivity contribution in [3.8, 4) is 0 Å². The van der Waals surface area contributed by atoms with Crippen molar-refractivity contribution in [1.82, 2.24) is 24.7 Å². The molecule has 0 radical (unpaired) electrons. The third-order valence-corrected chi connectivity index (χ3v) is 3.24. The first-order valence-corrected chi connectivity index (χ1v) is 6.89. The summed E-state index contributed by atoms with van der Waals surface area (Å²) in [5, 5.41) is 10.7. The Bertz CT molecular complexity index is 588. The Morgan fingerprint density at radius 1 is 1.30 bits per heavy atom. The summed E-state index contributed by atoms with van der Waals surface area (Å²) in [6.45, 7) is 0.758. The molecule has 0 aliphatic heterocycles. The molecule has 0 bridgehead atoms. The molecule has 1 saturated carbocycles. The number of aromatic nitrogens is 5. The molecule has 0 saturated heterocycles. The van der Waals surface area contributed by atoms with Gasteiger partial charge in [0.2, 0.25) is 0 Å². The van der Waals surface area contributed by atoms with E-state index < -0.39 is 0 Å². The molecule has 2 aromatic rings. The zero-order valence-corrected chi connectivity index (χ0v) is 11.8. The van der Waals surface area contributed by atoms with Crippen LogP contribution in [0.3, 0.4) is 0 Å². The lowest BCUT2D eigenvalue weighted by atomic mass is 10.3. The van der Waals surface area contributed by atoms with E-state index in [2.05, 4.69) is 30.7 Å². The SMILES string of the molecule is CNc1cc(NCCc2ncn(C)n2)nc(C2CC2)n1. The number of nitrogens with zero attached hydrogens (tertiary/aromatic N) is 5. The summed E-state index contributed by atoms with van der Waals surface area (Å²) in [7, 11) is 3.75. The Labute approximate surface area is 117 Å². The third-order valence-electron chi connectivity index (χ3n) is 3.24. The lowest BCUT2D eigenvalue weighted by molar-refractivity contribution is 0.741. The minimum atomic E-state index is 0.543. The second-order valence-corrected chi connectivity index (χ2v) is 5.03. The summed E-state index contributed by atoms with van der Waals surface area (Å²) >= 11 is 0. The molecule has 2 aromatic heterocycles. The van der Waals surface area contributed by atoms with Gasteiger partial charge in [0, 0.05) is 39.0 Å². The molecule has 0 aromatic carbocycles. The number of aryl methyl sites for hydroxylation is 1. The number of hydrogen-bond acceptors (Lipinski definition) is 6. The van der Waals surface area contributed by atoms with Crippen LogP contribution in [-0.4, -0.2) is 38.3 Å². The average Bonchev–Trinajstić information content (AvgIpc) is 3.22. The Balaban J connectivity index is 1.62. The van der Waals surface area contributed by atoms with E-state index >= 15 is 0 Å². The smallest absolute Gasteiger partial charge is 0.152 e. The maximum absolute atomic E-state index is 4.57. The molecular weight excluding hydrogens is 254 g/mol. The molecule has 20 heavy (non-hydrogen) atoms. The molecule has 1 aliphatic rings. The van der Waals surface area contributed by atoms with Gasteiger partial charge in [-0.05, 0) is 12.8 Å². The Hall–Kier alpha value is -2.18. The summed E-state index contributed by atoms with van der Waals surface area (Å²) in [5.41, 5.74) is 0. The van der Waals surface area contributed by atoms with E-state index in [1.54, 1.807) is 11.0 Å². The Morgan fingerprint density at radius 2 is 2.10 bits per heavy atom. The van der Waals surface area contributed by atoms with Crippen LogP contribution in [0.4, 0.5) is 11.6 Å². The number of hydrogen-bond donors (Lipinski definition) is 2. The number of nitrogens with one attached hydrogen (secondary N) is 2. The summed E-state index contributed by atoms with van der Waals surface area (Å²) in [5.74, 6) is 4.05. The van der Waals surface area contributed by atoms with Gasteiger partial charge in [-0.1, -0.05) is 0 Å². The van der Waals surface area contributed by atoms with Crippen molar-refractivity contribution >= 4 is 11.6 Å². The van der Waals surface area contributed by atoms with Crippen LogP contribution in [0.1, 0.15) is 30.4 Å². The molecule has 0 unspecified atom stereocenters. The fraction of sp³-hybridized carbons (Fsp3) is 0.538. The monoisotopic (exact) mass is 273 g/mol. The predicted octanol–water partition coefficient (Wildman–Crippen LogP) is 1.18. The molecule has 0 spiro atoms. The van der Waals surface area contributed by atoms with E-state index in [1.807, 2.05) is 20.2 Å². The normalized spacial score (nSPS) is 14.3. The van der Waals surface area contributed by atoms with Crippen molar-refractivity contribution in [3.05, 3.63) is 24.0 Å². The lowest BCUT2D eigenvalue weighted by Crippen LogP contribution is -2.10. The van der Waals surface area contributed by atoms with Gasteiger partial charge in [-0.15, -0.1) is 0 Å². The lowest BCUT2D eigenvalue weighted by Gasteiger charge is -2.08. The molecular formula is C13H19N7. The van der Waals surface area contributed by atoms with Crippen molar-refractivity contribution < 1.29 is 0 Å². The van der Waals surface area contributed by atoms with Gasteiger partial charge in [-0.25, -0.2) is 15.0 Å². The van der Waals surface area contributed by atoms with Crippen LogP contribution in [0.15, 0.2) is 12.4 Å². The first-order chi connectivity index (χ1) is 9.74. The highest BCUT2D eigenvalue weighted by molar-refractivity contribution is 5.47. The van der Waals surface area contributed by atoms with Crippen molar-refractivity contribution in [3.63, 3.8) is 0 Å². The van der Waals surface area contributed by atoms with Crippen LogP contribution >= 0.6 is 0 Å². The van der Waals surface area contributed by atoms with Gasteiger partial charge in [0.15, 0.2) is 5.82 Å². The molecule has 2 N–H and O–H groups in total. The van der Waals surface area contributed by atoms with E-state index in [1.165, 1.54) is 12.8 Å². The van der Waals surface area contributed by atoms with E-state index in [0.29, 0.717) is 5.92 Å². The quantitative estimate of drug-likeness (QED) is 0.822. The minimum Gasteiger partial charge on any atom is -0.373 e. The van der Waals surface area contributed by atoms with E-state index in [9.17, 15) is 0 Å². The maximum atomic E-state index is 4.57. The van der Waals surface area contributed by atoms with E-state index in [4.69, 9.17) is 0 Å². The average molecular weight is 273 g/mol. The molecule has 7 nitrogen and oxygen atoms in total. The highest BCUT2D eigenvalue weighted by atomic mass is 15.3. The minimum absolute atomic E-state index is 0.543. The zero-order chi connectivity index (χ0) is 13.9. The van der Waals surface area contributed by atoms with Crippen LogP contribution < -0.4 is 10.6 Å².